The Morgan fingerprint density at radius 2 is 1.91 bits per heavy atom. The van der Waals surface area contributed by atoms with Crippen LogP contribution < -0.4 is 10.2 Å². The molecule has 2 aromatic carbocycles. The van der Waals surface area contributed by atoms with Gasteiger partial charge in [0.05, 0.1) is 0 Å². The minimum absolute atomic E-state index is 0.0301. The molecule has 1 unspecified atom stereocenters. The highest BCUT2D eigenvalue weighted by Gasteiger charge is 2.23. The Kier molecular flexibility index (Phi) is 4.65. The third-order valence-electron chi connectivity index (χ3n) is 4.52. The molecule has 1 N–H and O–H groups in total. The Labute approximate surface area is 138 Å². The van der Waals surface area contributed by atoms with E-state index in [1.165, 1.54) is 11.3 Å². The van der Waals surface area contributed by atoms with Crippen LogP contribution in [0, 0.1) is 19.8 Å². The first-order valence-electron chi connectivity index (χ1n) is 8.28. The highest BCUT2D eigenvalue weighted by molar-refractivity contribution is 5.94. The molecule has 1 heterocycles. The fourth-order valence-electron chi connectivity index (χ4n) is 3.11. The van der Waals surface area contributed by atoms with Gasteiger partial charge in [0.25, 0.3) is 5.91 Å². The summed E-state index contributed by atoms with van der Waals surface area (Å²) in [7, 11) is 0. The molecule has 0 aromatic heterocycles. The predicted molar refractivity (Wildman–Crippen MR) is 95.0 cm³/mol. The molecule has 23 heavy (non-hydrogen) atoms. The zero-order valence-corrected chi connectivity index (χ0v) is 13.9. The van der Waals surface area contributed by atoms with Crippen molar-refractivity contribution >= 4 is 11.6 Å². The van der Waals surface area contributed by atoms with Gasteiger partial charge in [-0.2, -0.15) is 0 Å². The second-order valence-corrected chi connectivity index (χ2v) is 6.52. The van der Waals surface area contributed by atoms with E-state index in [9.17, 15) is 4.79 Å². The van der Waals surface area contributed by atoms with Gasteiger partial charge in [-0.05, 0) is 50.5 Å². The smallest absolute Gasteiger partial charge is 0.251 e. The Balaban J connectivity index is 1.52. The van der Waals surface area contributed by atoms with Crippen LogP contribution in [0.1, 0.15) is 27.9 Å². The fraction of sp³-hybridized carbons (Fsp3) is 0.350. The lowest BCUT2D eigenvalue weighted by molar-refractivity contribution is 0.0948. The summed E-state index contributed by atoms with van der Waals surface area (Å²) >= 11 is 0. The van der Waals surface area contributed by atoms with Crippen molar-refractivity contribution in [1.29, 1.82) is 0 Å². The first-order chi connectivity index (χ1) is 11.1. The molecule has 3 rings (SSSR count). The highest BCUT2D eigenvalue weighted by atomic mass is 16.1. The van der Waals surface area contributed by atoms with Crippen LogP contribution in [0.2, 0.25) is 0 Å². The molecule has 0 spiro atoms. The first-order valence-corrected chi connectivity index (χ1v) is 8.28. The van der Waals surface area contributed by atoms with E-state index < -0.39 is 0 Å². The molecule has 0 aliphatic carbocycles. The van der Waals surface area contributed by atoms with Crippen LogP contribution in [-0.2, 0) is 0 Å². The Morgan fingerprint density at radius 3 is 2.65 bits per heavy atom. The van der Waals surface area contributed by atoms with Crippen molar-refractivity contribution in [2.45, 2.75) is 20.3 Å². The minimum Gasteiger partial charge on any atom is -0.371 e. The third kappa shape index (κ3) is 3.92. The summed E-state index contributed by atoms with van der Waals surface area (Å²) in [5, 5.41) is 3.08. The number of anilines is 1. The standard InChI is InChI=1S/C20H24N2O/c1-15-6-8-19(9-7-15)22-11-10-17(14-22)13-21-20(23)18-5-3-4-16(2)12-18/h3-9,12,17H,10-11,13-14H2,1-2H3,(H,21,23). The van der Waals surface area contributed by atoms with Gasteiger partial charge < -0.3 is 10.2 Å². The monoisotopic (exact) mass is 308 g/mol. The summed E-state index contributed by atoms with van der Waals surface area (Å²) < 4.78 is 0. The summed E-state index contributed by atoms with van der Waals surface area (Å²) in [5.74, 6) is 0.549. The van der Waals surface area contributed by atoms with E-state index in [1.807, 2.05) is 31.2 Å². The molecule has 1 aliphatic heterocycles. The Hall–Kier alpha value is -2.29. The van der Waals surface area contributed by atoms with Gasteiger partial charge in [-0.25, -0.2) is 0 Å². The summed E-state index contributed by atoms with van der Waals surface area (Å²) in [6, 6.07) is 16.4. The minimum atomic E-state index is 0.0301. The van der Waals surface area contributed by atoms with E-state index >= 15 is 0 Å². The van der Waals surface area contributed by atoms with Crippen molar-refractivity contribution in [3.63, 3.8) is 0 Å². The highest BCUT2D eigenvalue weighted by Crippen LogP contribution is 2.23. The normalized spacial score (nSPS) is 17.3. The number of hydrogen-bond acceptors (Lipinski definition) is 2. The summed E-state index contributed by atoms with van der Waals surface area (Å²) in [6.45, 7) is 6.94. The van der Waals surface area contributed by atoms with Crippen LogP contribution in [0.25, 0.3) is 0 Å². The van der Waals surface area contributed by atoms with Crippen molar-refractivity contribution in [2.75, 3.05) is 24.5 Å². The average Bonchev–Trinajstić information content (AvgIpc) is 3.02. The van der Waals surface area contributed by atoms with Crippen LogP contribution in [0.3, 0.4) is 0 Å². The molecule has 1 fully saturated rings. The fourth-order valence-corrected chi connectivity index (χ4v) is 3.11. The molecular weight excluding hydrogens is 284 g/mol. The number of aryl methyl sites for hydroxylation is 2. The number of carbonyl (C=O) groups is 1. The molecule has 1 saturated heterocycles. The molecule has 120 valence electrons. The van der Waals surface area contributed by atoms with Crippen molar-refractivity contribution in [2.24, 2.45) is 5.92 Å². The van der Waals surface area contributed by atoms with E-state index in [1.54, 1.807) is 0 Å². The lowest BCUT2D eigenvalue weighted by Crippen LogP contribution is -2.31. The molecule has 2 aromatic rings. The maximum Gasteiger partial charge on any atom is 0.251 e. The molecule has 0 radical (unpaired) electrons. The number of amides is 1. The topological polar surface area (TPSA) is 32.3 Å². The molecule has 0 bridgehead atoms. The largest absolute Gasteiger partial charge is 0.371 e. The molecule has 1 amide bonds. The van der Waals surface area contributed by atoms with Crippen LogP contribution >= 0.6 is 0 Å². The average molecular weight is 308 g/mol. The maximum atomic E-state index is 12.2. The first kappa shape index (κ1) is 15.6. The summed E-state index contributed by atoms with van der Waals surface area (Å²) in [4.78, 5) is 14.6. The van der Waals surface area contributed by atoms with Crippen molar-refractivity contribution < 1.29 is 4.79 Å². The Morgan fingerprint density at radius 1 is 1.13 bits per heavy atom. The zero-order chi connectivity index (χ0) is 16.2. The van der Waals surface area contributed by atoms with Gasteiger partial charge in [0.1, 0.15) is 0 Å². The van der Waals surface area contributed by atoms with Gasteiger partial charge in [-0.1, -0.05) is 35.4 Å². The molecule has 0 saturated carbocycles. The van der Waals surface area contributed by atoms with Gasteiger partial charge in [0, 0.05) is 30.9 Å². The maximum absolute atomic E-state index is 12.2. The van der Waals surface area contributed by atoms with Crippen molar-refractivity contribution in [3.05, 3.63) is 65.2 Å². The van der Waals surface area contributed by atoms with Gasteiger partial charge in [0.2, 0.25) is 0 Å². The van der Waals surface area contributed by atoms with Gasteiger partial charge in [-0.15, -0.1) is 0 Å². The van der Waals surface area contributed by atoms with Crippen molar-refractivity contribution in [1.82, 2.24) is 5.32 Å². The number of carbonyl (C=O) groups excluding carboxylic acids is 1. The third-order valence-corrected chi connectivity index (χ3v) is 4.52. The number of benzene rings is 2. The second-order valence-electron chi connectivity index (χ2n) is 6.52. The summed E-state index contributed by atoms with van der Waals surface area (Å²) in [6.07, 6.45) is 1.13. The molecule has 1 aliphatic rings. The predicted octanol–water partition coefficient (Wildman–Crippen LogP) is 3.56. The van der Waals surface area contributed by atoms with Gasteiger partial charge in [0.15, 0.2) is 0 Å². The second kappa shape index (κ2) is 6.86. The lowest BCUT2D eigenvalue weighted by atomic mass is 10.1. The van der Waals surface area contributed by atoms with Crippen LogP contribution in [0.5, 0.6) is 0 Å². The zero-order valence-electron chi connectivity index (χ0n) is 13.9. The van der Waals surface area contributed by atoms with E-state index in [0.29, 0.717) is 5.92 Å². The number of rotatable bonds is 4. The van der Waals surface area contributed by atoms with Crippen molar-refractivity contribution in [3.8, 4) is 0 Å². The van der Waals surface area contributed by atoms with Crippen LogP contribution in [-0.4, -0.2) is 25.5 Å². The molecular formula is C20H24N2O. The summed E-state index contributed by atoms with van der Waals surface area (Å²) in [5.41, 5.74) is 4.43. The molecule has 1 atom stereocenters. The van der Waals surface area contributed by atoms with E-state index in [0.717, 1.165) is 37.2 Å². The van der Waals surface area contributed by atoms with Crippen LogP contribution in [0.15, 0.2) is 48.5 Å². The van der Waals surface area contributed by atoms with Gasteiger partial charge in [-0.3, -0.25) is 4.79 Å². The number of nitrogens with one attached hydrogen (secondary N) is 1. The molecule has 3 nitrogen and oxygen atoms in total. The van der Waals surface area contributed by atoms with E-state index in [4.69, 9.17) is 0 Å². The number of hydrogen-bond donors (Lipinski definition) is 1. The van der Waals surface area contributed by atoms with Crippen LogP contribution in [0.4, 0.5) is 5.69 Å². The Bertz CT molecular complexity index is 678. The van der Waals surface area contributed by atoms with Gasteiger partial charge >= 0.3 is 0 Å². The van der Waals surface area contributed by atoms with E-state index in [2.05, 4.69) is 41.4 Å². The quantitative estimate of drug-likeness (QED) is 0.936. The SMILES string of the molecule is Cc1ccc(N2CCC(CNC(=O)c3cccc(C)c3)C2)cc1. The number of nitrogens with zero attached hydrogens (tertiary/aromatic N) is 1. The lowest BCUT2D eigenvalue weighted by Gasteiger charge is -2.19. The van der Waals surface area contributed by atoms with E-state index in [-0.39, 0.29) is 5.91 Å². The molecule has 3 heteroatoms.